The number of halogens is 1. The second kappa shape index (κ2) is 5.66. The van der Waals surface area contributed by atoms with E-state index in [1.54, 1.807) is 0 Å². The molecule has 0 saturated heterocycles. The maximum atomic E-state index is 12.2. The second-order valence-corrected chi connectivity index (χ2v) is 4.45. The number of amides is 1. The van der Waals surface area contributed by atoms with E-state index in [4.69, 9.17) is 11.6 Å². The summed E-state index contributed by atoms with van der Waals surface area (Å²) >= 11 is 5.79. The van der Waals surface area contributed by atoms with Crippen LogP contribution in [0.15, 0.2) is 24.5 Å². The molecule has 2 aromatic rings. The summed E-state index contributed by atoms with van der Waals surface area (Å²) in [5, 5.41) is 17.5. The van der Waals surface area contributed by atoms with Crippen LogP contribution in [-0.2, 0) is 6.54 Å². The molecule has 1 aromatic carbocycles. The molecule has 0 radical (unpaired) electrons. The number of aromatic nitrogens is 3. The van der Waals surface area contributed by atoms with E-state index in [-0.39, 0.29) is 22.8 Å². The molecule has 0 aliphatic carbocycles. The molecule has 0 saturated carbocycles. The number of nitro benzene ring substituents is 1. The van der Waals surface area contributed by atoms with Gasteiger partial charge >= 0.3 is 0 Å². The maximum absolute atomic E-state index is 12.2. The molecule has 2 rings (SSSR count). The van der Waals surface area contributed by atoms with Crippen LogP contribution in [-0.4, -0.2) is 38.0 Å². The molecule has 0 aliphatic heterocycles. The lowest BCUT2D eigenvalue weighted by Gasteiger charge is -2.15. The Labute approximate surface area is 118 Å². The summed E-state index contributed by atoms with van der Waals surface area (Å²) in [7, 11) is 1.51. The van der Waals surface area contributed by atoms with Gasteiger partial charge in [0.1, 0.15) is 17.7 Å². The Morgan fingerprint density at radius 2 is 2.30 bits per heavy atom. The highest BCUT2D eigenvalue weighted by molar-refractivity contribution is 6.31. The van der Waals surface area contributed by atoms with E-state index in [9.17, 15) is 14.9 Å². The molecule has 8 nitrogen and oxygen atoms in total. The predicted molar refractivity (Wildman–Crippen MR) is 70.3 cm³/mol. The molecule has 1 aromatic heterocycles. The number of carbonyl (C=O) groups excluding carboxylic acids is 1. The van der Waals surface area contributed by atoms with Gasteiger partial charge in [0.25, 0.3) is 11.6 Å². The summed E-state index contributed by atoms with van der Waals surface area (Å²) in [6.45, 7) is 0.155. The fraction of sp³-hybridized carbons (Fsp3) is 0.182. The van der Waals surface area contributed by atoms with E-state index in [1.807, 2.05) is 0 Å². The molecule has 0 unspecified atom stereocenters. The highest BCUT2D eigenvalue weighted by Crippen LogP contribution is 2.24. The molecule has 0 atom stereocenters. The molecule has 20 heavy (non-hydrogen) atoms. The highest BCUT2D eigenvalue weighted by atomic mass is 35.5. The molecule has 0 fully saturated rings. The van der Waals surface area contributed by atoms with Gasteiger partial charge in [-0.2, -0.15) is 5.10 Å². The SMILES string of the molecule is CN(Cc1ncn[nH]1)C(=O)c1cc(Cl)ccc1[N+](=O)[O-]. The van der Waals surface area contributed by atoms with Crippen molar-refractivity contribution in [1.29, 1.82) is 0 Å². The van der Waals surface area contributed by atoms with Crippen molar-refractivity contribution in [2.24, 2.45) is 0 Å². The van der Waals surface area contributed by atoms with Crippen molar-refractivity contribution in [3.63, 3.8) is 0 Å². The standard InChI is InChI=1S/C11H10ClN5O3/c1-16(5-10-13-6-14-15-10)11(18)8-4-7(12)2-3-9(8)17(19)20/h2-4,6H,5H2,1H3,(H,13,14,15). The minimum atomic E-state index is -0.619. The number of carbonyl (C=O) groups is 1. The lowest BCUT2D eigenvalue weighted by atomic mass is 10.1. The number of hydrogen-bond donors (Lipinski definition) is 1. The Morgan fingerprint density at radius 3 is 2.90 bits per heavy atom. The largest absolute Gasteiger partial charge is 0.334 e. The number of nitrogens with one attached hydrogen (secondary N) is 1. The van der Waals surface area contributed by atoms with Crippen molar-refractivity contribution in [2.75, 3.05) is 7.05 Å². The lowest BCUT2D eigenvalue weighted by Crippen LogP contribution is -2.27. The average Bonchev–Trinajstić information content (AvgIpc) is 2.90. The minimum Gasteiger partial charge on any atom is -0.334 e. The van der Waals surface area contributed by atoms with Crippen molar-refractivity contribution < 1.29 is 9.72 Å². The summed E-state index contributed by atoms with van der Waals surface area (Å²) in [5.41, 5.74) is -0.353. The Morgan fingerprint density at radius 1 is 1.55 bits per heavy atom. The summed E-state index contributed by atoms with van der Waals surface area (Å²) in [4.78, 5) is 27.7. The molecule has 1 amide bonds. The third-order valence-corrected chi connectivity index (χ3v) is 2.82. The number of aromatic amines is 1. The van der Waals surface area contributed by atoms with Gasteiger partial charge in [0, 0.05) is 18.1 Å². The summed E-state index contributed by atoms with van der Waals surface area (Å²) in [6, 6.07) is 3.85. The Kier molecular flexibility index (Phi) is 3.94. The highest BCUT2D eigenvalue weighted by Gasteiger charge is 2.23. The van der Waals surface area contributed by atoms with Crippen LogP contribution >= 0.6 is 11.6 Å². The summed E-state index contributed by atoms with van der Waals surface area (Å²) < 4.78 is 0. The first kappa shape index (κ1) is 13.9. The van der Waals surface area contributed by atoms with Crippen LogP contribution in [0.3, 0.4) is 0 Å². The average molecular weight is 296 g/mol. The zero-order valence-corrected chi connectivity index (χ0v) is 11.2. The minimum absolute atomic E-state index is 0.0653. The number of nitrogens with zero attached hydrogens (tertiary/aromatic N) is 4. The molecular weight excluding hydrogens is 286 g/mol. The third-order valence-electron chi connectivity index (χ3n) is 2.58. The Hall–Kier alpha value is -2.48. The fourth-order valence-corrected chi connectivity index (χ4v) is 1.82. The molecule has 104 valence electrons. The van der Waals surface area contributed by atoms with Crippen LogP contribution in [0.5, 0.6) is 0 Å². The van der Waals surface area contributed by atoms with Crippen LogP contribution < -0.4 is 0 Å². The van der Waals surface area contributed by atoms with Crippen LogP contribution in [0.1, 0.15) is 16.2 Å². The van der Waals surface area contributed by atoms with Crippen molar-refractivity contribution >= 4 is 23.2 Å². The third kappa shape index (κ3) is 2.91. The zero-order chi connectivity index (χ0) is 14.7. The molecule has 0 spiro atoms. The first-order valence-electron chi connectivity index (χ1n) is 5.52. The Balaban J connectivity index is 2.28. The van der Waals surface area contributed by atoms with Crippen molar-refractivity contribution in [3.8, 4) is 0 Å². The van der Waals surface area contributed by atoms with Gasteiger partial charge in [-0.25, -0.2) is 4.98 Å². The lowest BCUT2D eigenvalue weighted by molar-refractivity contribution is -0.385. The molecule has 9 heteroatoms. The first-order valence-corrected chi connectivity index (χ1v) is 5.90. The van der Waals surface area contributed by atoms with E-state index < -0.39 is 10.8 Å². The molecule has 0 bridgehead atoms. The van der Waals surface area contributed by atoms with Gasteiger partial charge < -0.3 is 4.90 Å². The van der Waals surface area contributed by atoms with E-state index in [2.05, 4.69) is 15.2 Å². The van der Waals surface area contributed by atoms with E-state index in [0.29, 0.717) is 5.82 Å². The predicted octanol–water partition coefficient (Wildman–Crippen LogP) is 1.64. The van der Waals surface area contributed by atoms with Gasteiger partial charge in [-0.15, -0.1) is 0 Å². The number of hydrogen-bond acceptors (Lipinski definition) is 5. The van der Waals surface area contributed by atoms with Crippen LogP contribution in [0.4, 0.5) is 5.69 Å². The van der Waals surface area contributed by atoms with Crippen LogP contribution in [0.2, 0.25) is 5.02 Å². The van der Waals surface area contributed by atoms with E-state index in [0.717, 1.165) is 0 Å². The van der Waals surface area contributed by atoms with Crippen molar-refractivity contribution in [2.45, 2.75) is 6.54 Å². The smallest absolute Gasteiger partial charge is 0.282 e. The molecular formula is C11H10ClN5O3. The maximum Gasteiger partial charge on any atom is 0.282 e. The second-order valence-electron chi connectivity index (χ2n) is 4.01. The van der Waals surface area contributed by atoms with Crippen LogP contribution in [0, 0.1) is 10.1 Å². The van der Waals surface area contributed by atoms with Gasteiger partial charge in [-0.3, -0.25) is 20.0 Å². The van der Waals surface area contributed by atoms with Crippen LogP contribution in [0.25, 0.3) is 0 Å². The van der Waals surface area contributed by atoms with Gasteiger partial charge in [-0.05, 0) is 12.1 Å². The number of benzene rings is 1. The quantitative estimate of drug-likeness (QED) is 0.682. The van der Waals surface area contributed by atoms with Crippen molar-refractivity contribution in [1.82, 2.24) is 20.1 Å². The first-order chi connectivity index (χ1) is 9.49. The Bertz CT molecular complexity index is 644. The fourth-order valence-electron chi connectivity index (χ4n) is 1.65. The monoisotopic (exact) mass is 295 g/mol. The summed E-state index contributed by atoms with van der Waals surface area (Å²) in [5.74, 6) is -0.0406. The zero-order valence-electron chi connectivity index (χ0n) is 10.4. The number of rotatable bonds is 4. The topological polar surface area (TPSA) is 105 Å². The van der Waals surface area contributed by atoms with Gasteiger partial charge in [0.2, 0.25) is 0 Å². The number of nitro groups is 1. The van der Waals surface area contributed by atoms with Crippen molar-refractivity contribution in [3.05, 3.63) is 51.1 Å². The molecule has 1 N–H and O–H groups in total. The molecule has 0 aliphatic rings. The number of H-pyrrole nitrogens is 1. The van der Waals surface area contributed by atoms with Gasteiger partial charge in [-0.1, -0.05) is 11.6 Å². The van der Waals surface area contributed by atoms with Gasteiger partial charge in [0.05, 0.1) is 11.5 Å². The van der Waals surface area contributed by atoms with Gasteiger partial charge in [0.15, 0.2) is 0 Å². The summed E-state index contributed by atoms with van der Waals surface area (Å²) in [6.07, 6.45) is 1.31. The molecule has 1 heterocycles. The van der Waals surface area contributed by atoms with E-state index >= 15 is 0 Å². The van der Waals surface area contributed by atoms with E-state index in [1.165, 1.54) is 36.5 Å². The normalized spacial score (nSPS) is 10.3.